The van der Waals surface area contributed by atoms with E-state index in [1.807, 2.05) is 32.0 Å². The van der Waals surface area contributed by atoms with Crippen LogP contribution in [0.4, 0.5) is 5.69 Å². The third-order valence-electron chi connectivity index (χ3n) is 3.44. The Morgan fingerprint density at radius 3 is 2.58 bits per heavy atom. The number of benzene rings is 2. The lowest BCUT2D eigenvalue weighted by Crippen LogP contribution is -2.23. The second-order valence-electron chi connectivity index (χ2n) is 5.48. The number of anilines is 1. The molecule has 0 atom stereocenters. The molecule has 0 saturated carbocycles. The number of amides is 2. The molecule has 0 aromatic heterocycles. The lowest BCUT2D eigenvalue weighted by molar-refractivity contribution is -0.114. The van der Waals surface area contributed by atoms with E-state index in [0.29, 0.717) is 24.4 Å². The van der Waals surface area contributed by atoms with Gasteiger partial charge in [0.1, 0.15) is 5.75 Å². The molecule has 126 valence electrons. The summed E-state index contributed by atoms with van der Waals surface area (Å²) in [5.74, 6) is 0.502. The number of hydrogen-bond donors (Lipinski definition) is 2. The smallest absolute Gasteiger partial charge is 0.251 e. The van der Waals surface area contributed by atoms with Gasteiger partial charge in [-0.25, -0.2) is 0 Å². The van der Waals surface area contributed by atoms with Gasteiger partial charge in [0.25, 0.3) is 5.91 Å². The molecule has 0 heterocycles. The van der Waals surface area contributed by atoms with Crippen LogP contribution >= 0.6 is 0 Å². The highest BCUT2D eigenvalue weighted by molar-refractivity contribution is 5.96. The van der Waals surface area contributed by atoms with Crippen LogP contribution < -0.4 is 15.4 Å². The van der Waals surface area contributed by atoms with E-state index < -0.39 is 0 Å². The molecule has 0 bridgehead atoms. The molecule has 0 saturated heterocycles. The monoisotopic (exact) mass is 326 g/mol. The molecule has 0 radical (unpaired) electrons. The summed E-state index contributed by atoms with van der Waals surface area (Å²) < 4.78 is 5.51. The van der Waals surface area contributed by atoms with E-state index in [1.165, 1.54) is 6.92 Å². The van der Waals surface area contributed by atoms with Gasteiger partial charge in [0.2, 0.25) is 5.91 Å². The van der Waals surface area contributed by atoms with Crippen LogP contribution in [0.15, 0.2) is 42.5 Å². The van der Waals surface area contributed by atoms with Crippen molar-refractivity contribution in [2.24, 2.45) is 0 Å². The fourth-order valence-corrected chi connectivity index (χ4v) is 2.36. The Bertz CT molecular complexity index is 741. The van der Waals surface area contributed by atoms with Crippen LogP contribution in [0.25, 0.3) is 0 Å². The van der Waals surface area contributed by atoms with Crippen molar-refractivity contribution in [1.82, 2.24) is 5.32 Å². The first-order valence-corrected chi connectivity index (χ1v) is 7.87. The van der Waals surface area contributed by atoms with Gasteiger partial charge in [-0.15, -0.1) is 0 Å². The van der Waals surface area contributed by atoms with Gasteiger partial charge in [0.15, 0.2) is 0 Å². The molecule has 0 aliphatic carbocycles. The number of carbonyl (C=O) groups excluding carboxylic acids is 2. The van der Waals surface area contributed by atoms with Gasteiger partial charge in [0.05, 0.1) is 6.61 Å². The fourth-order valence-electron chi connectivity index (χ4n) is 2.36. The van der Waals surface area contributed by atoms with Crippen LogP contribution in [0, 0.1) is 6.92 Å². The Hall–Kier alpha value is -2.82. The van der Waals surface area contributed by atoms with Crippen LogP contribution in [0.3, 0.4) is 0 Å². The Morgan fingerprint density at radius 2 is 1.92 bits per heavy atom. The van der Waals surface area contributed by atoms with E-state index in [1.54, 1.807) is 24.3 Å². The van der Waals surface area contributed by atoms with E-state index in [4.69, 9.17) is 4.74 Å². The molecule has 2 aromatic carbocycles. The molecule has 5 nitrogen and oxygen atoms in total. The van der Waals surface area contributed by atoms with Crippen molar-refractivity contribution in [2.45, 2.75) is 27.3 Å². The second-order valence-corrected chi connectivity index (χ2v) is 5.48. The summed E-state index contributed by atoms with van der Waals surface area (Å²) in [5.41, 5.74) is 3.15. The van der Waals surface area contributed by atoms with Gasteiger partial charge in [-0.3, -0.25) is 9.59 Å². The van der Waals surface area contributed by atoms with Crippen LogP contribution in [-0.2, 0) is 11.3 Å². The van der Waals surface area contributed by atoms with Crippen molar-refractivity contribution < 1.29 is 14.3 Å². The average Bonchev–Trinajstić information content (AvgIpc) is 2.54. The number of hydrogen-bond acceptors (Lipinski definition) is 3. The highest BCUT2D eigenvalue weighted by atomic mass is 16.5. The molecule has 0 spiro atoms. The van der Waals surface area contributed by atoms with Gasteiger partial charge in [-0.2, -0.15) is 0 Å². The lowest BCUT2D eigenvalue weighted by atomic mass is 10.1. The van der Waals surface area contributed by atoms with Crippen molar-refractivity contribution in [3.8, 4) is 5.75 Å². The molecule has 0 aliphatic rings. The average molecular weight is 326 g/mol. The highest BCUT2D eigenvalue weighted by Crippen LogP contribution is 2.19. The summed E-state index contributed by atoms with van der Waals surface area (Å²) >= 11 is 0. The maximum absolute atomic E-state index is 12.3. The third kappa shape index (κ3) is 4.84. The van der Waals surface area contributed by atoms with Crippen LogP contribution in [-0.4, -0.2) is 18.4 Å². The molecule has 0 aliphatic heterocycles. The van der Waals surface area contributed by atoms with E-state index in [2.05, 4.69) is 10.6 Å². The Balaban J connectivity index is 2.00. The van der Waals surface area contributed by atoms with E-state index in [0.717, 1.165) is 16.9 Å². The molecule has 0 fully saturated rings. The Kier molecular flexibility index (Phi) is 5.95. The Labute approximate surface area is 142 Å². The summed E-state index contributed by atoms with van der Waals surface area (Å²) in [7, 11) is 0. The van der Waals surface area contributed by atoms with Crippen LogP contribution in [0.2, 0.25) is 0 Å². The number of nitrogens with one attached hydrogen (secondary N) is 2. The zero-order valence-electron chi connectivity index (χ0n) is 14.2. The third-order valence-corrected chi connectivity index (χ3v) is 3.44. The van der Waals surface area contributed by atoms with E-state index in [9.17, 15) is 9.59 Å². The minimum absolute atomic E-state index is 0.169. The van der Waals surface area contributed by atoms with Gasteiger partial charge in [-0.05, 0) is 49.2 Å². The second kappa shape index (κ2) is 8.15. The summed E-state index contributed by atoms with van der Waals surface area (Å²) in [5, 5.41) is 5.55. The van der Waals surface area contributed by atoms with E-state index >= 15 is 0 Å². The molecular formula is C19H22N2O3. The fraction of sp³-hybridized carbons (Fsp3) is 0.263. The number of carbonyl (C=O) groups is 2. The van der Waals surface area contributed by atoms with E-state index in [-0.39, 0.29) is 11.8 Å². The molecule has 2 rings (SSSR count). The molecule has 24 heavy (non-hydrogen) atoms. The summed E-state index contributed by atoms with van der Waals surface area (Å²) in [6.45, 7) is 6.41. The molecule has 0 unspecified atom stereocenters. The molecule has 2 amide bonds. The zero-order chi connectivity index (χ0) is 17.5. The summed E-state index contributed by atoms with van der Waals surface area (Å²) in [6, 6.07) is 12.7. The topological polar surface area (TPSA) is 67.4 Å². The van der Waals surface area contributed by atoms with Crippen molar-refractivity contribution >= 4 is 17.5 Å². The standard InChI is InChI=1S/C19H22N2O3/c1-4-24-18-9-8-15(10-13(18)2)12-20-19(23)16-6-5-7-17(11-16)21-14(3)22/h5-11H,4,12H2,1-3H3,(H,20,23)(H,21,22). The number of ether oxygens (including phenoxy) is 1. The van der Waals surface area contributed by atoms with Gasteiger partial charge >= 0.3 is 0 Å². The first-order chi connectivity index (χ1) is 11.5. The SMILES string of the molecule is CCOc1ccc(CNC(=O)c2cccc(NC(C)=O)c2)cc1C. The van der Waals surface area contributed by atoms with Crippen molar-refractivity contribution in [1.29, 1.82) is 0 Å². The minimum Gasteiger partial charge on any atom is -0.494 e. The van der Waals surface area contributed by atoms with Crippen LogP contribution in [0.1, 0.15) is 35.3 Å². The van der Waals surface area contributed by atoms with Crippen molar-refractivity contribution in [3.05, 3.63) is 59.2 Å². The summed E-state index contributed by atoms with van der Waals surface area (Å²) in [4.78, 5) is 23.4. The first kappa shape index (κ1) is 17.5. The number of rotatable bonds is 6. The zero-order valence-corrected chi connectivity index (χ0v) is 14.2. The largest absolute Gasteiger partial charge is 0.494 e. The van der Waals surface area contributed by atoms with Gasteiger partial charge in [0, 0.05) is 24.7 Å². The maximum Gasteiger partial charge on any atom is 0.251 e. The molecule has 2 aromatic rings. The quantitative estimate of drug-likeness (QED) is 0.856. The van der Waals surface area contributed by atoms with Gasteiger partial charge < -0.3 is 15.4 Å². The predicted molar refractivity (Wildman–Crippen MR) is 94.3 cm³/mol. The first-order valence-electron chi connectivity index (χ1n) is 7.87. The molecule has 2 N–H and O–H groups in total. The van der Waals surface area contributed by atoms with Gasteiger partial charge in [-0.1, -0.05) is 18.2 Å². The number of aryl methyl sites for hydroxylation is 1. The maximum atomic E-state index is 12.3. The minimum atomic E-state index is -0.186. The molecule has 5 heteroatoms. The summed E-state index contributed by atoms with van der Waals surface area (Å²) in [6.07, 6.45) is 0. The van der Waals surface area contributed by atoms with Crippen molar-refractivity contribution in [2.75, 3.05) is 11.9 Å². The lowest BCUT2D eigenvalue weighted by Gasteiger charge is -2.10. The van der Waals surface area contributed by atoms with Crippen LogP contribution in [0.5, 0.6) is 5.75 Å². The molecular weight excluding hydrogens is 304 g/mol. The Morgan fingerprint density at radius 1 is 1.12 bits per heavy atom. The van der Waals surface area contributed by atoms with Crippen molar-refractivity contribution in [3.63, 3.8) is 0 Å². The normalized spacial score (nSPS) is 10.1. The predicted octanol–water partition coefficient (Wildman–Crippen LogP) is 3.28. The highest BCUT2D eigenvalue weighted by Gasteiger charge is 2.07.